The second kappa shape index (κ2) is 9.02. The largest absolute Gasteiger partial charge is 0.484 e. The molecule has 0 bridgehead atoms. The first-order valence-electron chi connectivity index (χ1n) is 7.53. The summed E-state index contributed by atoms with van der Waals surface area (Å²) in [5.41, 5.74) is 0.435. The summed E-state index contributed by atoms with van der Waals surface area (Å²) in [6, 6.07) is 14.3. The van der Waals surface area contributed by atoms with Crippen molar-refractivity contribution in [3.8, 4) is 5.75 Å². The van der Waals surface area contributed by atoms with E-state index in [1.165, 1.54) is 24.3 Å². The molecule has 0 unspecified atom stereocenters. The molecule has 0 fully saturated rings. The van der Waals surface area contributed by atoms with Crippen molar-refractivity contribution in [2.75, 3.05) is 19.7 Å². The highest BCUT2D eigenvalue weighted by molar-refractivity contribution is 5.94. The molecule has 0 aliphatic carbocycles. The Labute approximate surface area is 144 Å². The van der Waals surface area contributed by atoms with E-state index in [9.17, 15) is 19.7 Å². The average molecular weight is 343 g/mol. The number of nitro benzene ring substituents is 1. The Morgan fingerprint density at radius 1 is 1.00 bits per heavy atom. The van der Waals surface area contributed by atoms with Gasteiger partial charge in [-0.1, -0.05) is 24.3 Å². The van der Waals surface area contributed by atoms with Crippen molar-refractivity contribution in [3.05, 3.63) is 70.3 Å². The van der Waals surface area contributed by atoms with Gasteiger partial charge < -0.3 is 15.4 Å². The van der Waals surface area contributed by atoms with Crippen LogP contribution in [0.3, 0.4) is 0 Å². The minimum absolute atomic E-state index is 0.110. The van der Waals surface area contributed by atoms with E-state index in [0.717, 1.165) is 0 Å². The summed E-state index contributed by atoms with van der Waals surface area (Å²) in [5, 5.41) is 15.9. The van der Waals surface area contributed by atoms with Gasteiger partial charge in [0.2, 0.25) is 0 Å². The number of hydrogen-bond acceptors (Lipinski definition) is 5. The van der Waals surface area contributed by atoms with Gasteiger partial charge in [-0.15, -0.1) is 0 Å². The minimum Gasteiger partial charge on any atom is -0.484 e. The summed E-state index contributed by atoms with van der Waals surface area (Å²) in [4.78, 5) is 33.6. The molecule has 2 aromatic rings. The molecule has 2 N–H and O–H groups in total. The second-order valence-corrected chi connectivity index (χ2v) is 5.02. The van der Waals surface area contributed by atoms with E-state index in [4.69, 9.17) is 4.74 Å². The maximum Gasteiger partial charge on any atom is 0.273 e. The SMILES string of the molecule is O=C(COc1cccc([N+](=O)[O-])c1)NCCNC(=O)c1ccccc1. The maximum absolute atomic E-state index is 11.8. The summed E-state index contributed by atoms with van der Waals surface area (Å²) in [5.74, 6) is -0.370. The van der Waals surface area contributed by atoms with E-state index >= 15 is 0 Å². The molecule has 0 spiro atoms. The molecule has 0 atom stereocenters. The highest BCUT2D eigenvalue weighted by Gasteiger charge is 2.08. The van der Waals surface area contributed by atoms with E-state index in [0.29, 0.717) is 5.56 Å². The van der Waals surface area contributed by atoms with Crippen LogP contribution in [0.15, 0.2) is 54.6 Å². The number of rotatable bonds is 8. The molecule has 130 valence electrons. The number of benzene rings is 2. The fourth-order valence-electron chi connectivity index (χ4n) is 1.96. The molecular formula is C17H17N3O5. The smallest absolute Gasteiger partial charge is 0.273 e. The highest BCUT2D eigenvalue weighted by Crippen LogP contribution is 2.18. The lowest BCUT2D eigenvalue weighted by atomic mass is 10.2. The Morgan fingerprint density at radius 3 is 2.44 bits per heavy atom. The maximum atomic E-state index is 11.8. The van der Waals surface area contributed by atoms with E-state index in [1.54, 1.807) is 24.3 Å². The molecule has 8 nitrogen and oxygen atoms in total. The third-order valence-electron chi connectivity index (χ3n) is 3.17. The fourth-order valence-corrected chi connectivity index (χ4v) is 1.96. The minimum atomic E-state index is -0.539. The molecule has 0 heterocycles. The zero-order valence-corrected chi connectivity index (χ0v) is 13.3. The van der Waals surface area contributed by atoms with Crippen molar-refractivity contribution in [2.45, 2.75) is 0 Å². The number of nitro groups is 1. The van der Waals surface area contributed by atoms with E-state index in [1.807, 2.05) is 6.07 Å². The number of amides is 2. The third kappa shape index (κ3) is 5.94. The van der Waals surface area contributed by atoms with Crippen molar-refractivity contribution in [1.82, 2.24) is 10.6 Å². The van der Waals surface area contributed by atoms with Gasteiger partial charge in [-0.05, 0) is 18.2 Å². The molecule has 0 saturated heterocycles. The van der Waals surface area contributed by atoms with Crippen LogP contribution in [0.25, 0.3) is 0 Å². The molecule has 2 rings (SSSR count). The van der Waals surface area contributed by atoms with Crippen LogP contribution in [0.1, 0.15) is 10.4 Å². The Balaban J connectivity index is 1.67. The molecule has 0 aromatic heterocycles. The van der Waals surface area contributed by atoms with Crippen LogP contribution in [0.4, 0.5) is 5.69 Å². The number of carbonyl (C=O) groups excluding carboxylic acids is 2. The van der Waals surface area contributed by atoms with Crippen LogP contribution >= 0.6 is 0 Å². The van der Waals surface area contributed by atoms with Gasteiger partial charge >= 0.3 is 0 Å². The zero-order chi connectivity index (χ0) is 18.1. The van der Waals surface area contributed by atoms with Crippen LogP contribution in [0, 0.1) is 10.1 Å². The summed E-state index contributed by atoms with van der Waals surface area (Å²) >= 11 is 0. The third-order valence-corrected chi connectivity index (χ3v) is 3.17. The van der Waals surface area contributed by atoms with Gasteiger partial charge in [-0.3, -0.25) is 19.7 Å². The van der Waals surface area contributed by atoms with Crippen molar-refractivity contribution < 1.29 is 19.2 Å². The van der Waals surface area contributed by atoms with Crippen LogP contribution in [-0.4, -0.2) is 36.4 Å². The number of nitrogens with one attached hydrogen (secondary N) is 2. The quantitative estimate of drug-likeness (QED) is 0.429. The summed E-state index contributed by atoms with van der Waals surface area (Å²) in [6.07, 6.45) is 0. The number of ether oxygens (including phenoxy) is 1. The molecule has 0 aliphatic rings. The standard InChI is InChI=1S/C17H17N3O5/c21-16(12-25-15-8-4-7-14(11-15)20(23)24)18-9-10-19-17(22)13-5-2-1-3-6-13/h1-8,11H,9-10,12H2,(H,18,21)(H,19,22). The van der Waals surface area contributed by atoms with Gasteiger partial charge in [0.25, 0.3) is 17.5 Å². The van der Waals surface area contributed by atoms with Gasteiger partial charge in [-0.25, -0.2) is 0 Å². The predicted molar refractivity (Wildman–Crippen MR) is 90.4 cm³/mol. The van der Waals surface area contributed by atoms with Crippen molar-refractivity contribution >= 4 is 17.5 Å². The van der Waals surface area contributed by atoms with E-state index in [-0.39, 0.29) is 42.9 Å². The van der Waals surface area contributed by atoms with Crippen molar-refractivity contribution in [2.24, 2.45) is 0 Å². The number of carbonyl (C=O) groups is 2. The average Bonchev–Trinajstić information content (AvgIpc) is 2.64. The number of nitrogens with zero attached hydrogens (tertiary/aromatic N) is 1. The predicted octanol–water partition coefficient (Wildman–Crippen LogP) is 1.52. The first kappa shape index (κ1) is 17.9. The molecule has 8 heteroatoms. The Hall–Kier alpha value is -3.42. The van der Waals surface area contributed by atoms with Gasteiger partial charge in [0, 0.05) is 24.7 Å². The fraction of sp³-hybridized carbons (Fsp3) is 0.176. The molecule has 25 heavy (non-hydrogen) atoms. The summed E-state index contributed by atoms with van der Waals surface area (Å²) in [6.45, 7) is 0.250. The van der Waals surface area contributed by atoms with Crippen LogP contribution in [-0.2, 0) is 4.79 Å². The lowest BCUT2D eigenvalue weighted by Gasteiger charge is -2.08. The van der Waals surface area contributed by atoms with Crippen molar-refractivity contribution in [1.29, 1.82) is 0 Å². The van der Waals surface area contributed by atoms with E-state index < -0.39 is 4.92 Å². The molecule has 0 aliphatic heterocycles. The molecule has 0 radical (unpaired) electrons. The Bertz CT molecular complexity index is 749. The van der Waals surface area contributed by atoms with Crippen molar-refractivity contribution in [3.63, 3.8) is 0 Å². The van der Waals surface area contributed by atoms with Crippen LogP contribution < -0.4 is 15.4 Å². The lowest BCUT2D eigenvalue weighted by molar-refractivity contribution is -0.384. The monoisotopic (exact) mass is 343 g/mol. The topological polar surface area (TPSA) is 111 Å². The number of non-ortho nitro benzene ring substituents is 1. The van der Waals surface area contributed by atoms with Gasteiger partial charge in [0.05, 0.1) is 11.0 Å². The Kier molecular flexibility index (Phi) is 6.47. The van der Waals surface area contributed by atoms with Gasteiger partial charge in [0.15, 0.2) is 6.61 Å². The zero-order valence-electron chi connectivity index (χ0n) is 13.3. The molecule has 0 saturated carbocycles. The first-order chi connectivity index (χ1) is 12.1. The number of hydrogen-bond donors (Lipinski definition) is 2. The Morgan fingerprint density at radius 2 is 1.72 bits per heavy atom. The normalized spacial score (nSPS) is 9.92. The van der Waals surface area contributed by atoms with Gasteiger partial charge in [0.1, 0.15) is 5.75 Å². The summed E-state index contributed by atoms with van der Waals surface area (Å²) in [7, 11) is 0. The highest BCUT2D eigenvalue weighted by atomic mass is 16.6. The first-order valence-corrected chi connectivity index (χ1v) is 7.53. The molecule has 2 amide bonds. The molecular weight excluding hydrogens is 326 g/mol. The summed E-state index contributed by atoms with van der Waals surface area (Å²) < 4.78 is 5.20. The lowest BCUT2D eigenvalue weighted by Crippen LogP contribution is -2.36. The van der Waals surface area contributed by atoms with Crippen LogP contribution in [0.5, 0.6) is 5.75 Å². The van der Waals surface area contributed by atoms with Crippen LogP contribution in [0.2, 0.25) is 0 Å². The van der Waals surface area contributed by atoms with Gasteiger partial charge in [-0.2, -0.15) is 0 Å². The second-order valence-electron chi connectivity index (χ2n) is 5.02. The molecule has 2 aromatic carbocycles. The van der Waals surface area contributed by atoms with E-state index in [2.05, 4.69) is 10.6 Å².